The van der Waals surface area contributed by atoms with Gasteiger partial charge in [0, 0.05) is 5.57 Å². The Morgan fingerprint density at radius 3 is 3.04 bits per heavy atom. The first kappa shape index (κ1) is 16.1. The molecule has 0 unspecified atom stereocenters. The minimum absolute atomic E-state index is 0.0602. The summed E-state index contributed by atoms with van der Waals surface area (Å²) in [6.45, 7) is 7.71. The van der Waals surface area contributed by atoms with E-state index in [1.54, 1.807) is 19.1 Å². The molecule has 0 amide bonds. The van der Waals surface area contributed by atoms with Gasteiger partial charge in [0.25, 0.3) is 5.88 Å². The third-order valence-corrected chi connectivity index (χ3v) is 2.76. The minimum Gasteiger partial charge on any atom is -0.504 e. The van der Waals surface area contributed by atoms with E-state index in [2.05, 4.69) is 22.1 Å². The fraction of sp³-hybridized carbons (Fsp3) is 0.188. The van der Waals surface area contributed by atoms with E-state index in [0.717, 1.165) is 0 Å². The number of allylic oxidation sites excluding steroid dienone is 1. The predicted octanol–water partition coefficient (Wildman–Crippen LogP) is 3.13. The molecule has 0 radical (unpaired) electrons. The van der Waals surface area contributed by atoms with E-state index in [1.807, 2.05) is 13.0 Å². The Morgan fingerprint density at radius 2 is 2.39 bits per heavy atom. The lowest BCUT2D eigenvalue weighted by atomic mass is 10.2. The molecule has 23 heavy (non-hydrogen) atoms. The highest BCUT2D eigenvalue weighted by atomic mass is 16.5. The number of anilines is 1. The van der Waals surface area contributed by atoms with Crippen LogP contribution >= 0.6 is 0 Å². The van der Waals surface area contributed by atoms with Crippen molar-refractivity contribution >= 4 is 17.7 Å². The highest BCUT2D eigenvalue weighted by molar-refractivity contribution is 5.81. The standard InChI is InChI=1S/C16H16N4O3/c1-4-22-14-7-11(5-6-13(14)21)9-18-20-16-12(8-17)19-15(23-16)10(2)3/h5-7,9,20-21H,2,4H2,1,3H3. The van der Waals surface area contributed by atoms with Crippen LogP contribution in [0.3, 0.4) is 0 Å². The minimum atomic E-state index is 0.0602. The Balaban J connectivity index is 2.15. The van der Waals surface area contributed by atoms with Crippen LogP contribution in [0.4, 0.5) is 5.88 Å². The molecule has 2 N–H and O–H groups in total. The van der Waals surface area contributed by atoms with Crippen LogP contribution in [0.5, 0.6) is 11.5 Å². The number of ether oxygens (including phenoxy) is 1. The number of nitrogens with zero attached hydrogens (tertiary/aromatic N) is 3. The number of oxazole rings is 1. The quantitative estimate of drug-likeness (QED) is 0.627. The van der Waals surface area contributed by atoms with E-state index in [1.165, 1.54) is 12.3 Å². The van der Waals surface area contributed by atoms with E-state index in [4.69, 9.17) is 14.4 Å². The molecule has 118 valence electrons. The van der Waals surface area contributed by atoms with E-state index in [9.17, 15) is 5.11 Å². The second-order valence-corrected chi connectivity index (χ2v) is 4.62. The maximum Gasteiger partial charge on any atom is 0.252 e. The number of aromatic nitrogens is 1. The molecule has 0 saturated carbocycles. The highest BCUT2D eigenvalue weighted by Gasteiger charge is 2.12. The van der Waals surface area contributed by atoms with Gasteiger partial charge in [-0.25, -0.2) is 5.43 Å². The number of benzene rings is 1. The first-order valence-electron chi connectivity index (χ1n) is 6.86. The Morgan fingerprint density at radius 1 is 1.61 bits per heavy atom. The van der Waals surface area contributed by atoms with Crippen molar-refractivity contribution in [3.05, 3.63) is 41.9 Å². The molecule has 0 saturated heterocycles. The van der Waals surface area contributed by atoms with Gasteiger partial charge in [-0.15, -0.1) is 0 Å². The SMILES string of the molecule is C=C(C)c1nc(C#N)c(NN=Cc2ccc(O)c(OCC)c2)o1. The van der Waals surface area contributed by atoms with Gasteiger partial charge < -0.3 is 14.3 Å². The number of nitriles is 1. The Bertz CT molecular complexity index is 787. The average Bonchev–Trinajstić information content (AvgIpc) is 2.94. The van der Waals surface area contributed by atoms with Gasteiger partial charge in [-0.2, -0.15) is 15.3 Å². The second-order valence-electron chi connectivity index (χ2n) is 4.62. The Kier molecular flexibility index (Phi) is 5.00. The summed E-state index contributed by atoms with van der Waals surface area (Å²) in [7, 11) is 0. The molecule has 0 atom stereocenters. The van der Waals surface area contributed by atoms with E-state index < -0.39 is 0 Å². The van der Waals surface area contributed by atoms with Crippen LogP contribution in [0, 0.1) is 11.3 Å². The molecule has 0 aliphatic heterocycles. The highest BCUT2D eigenvalue weighted by Crippen LogP contribution is 2.26. The van der Waals surface area contributed by atoms with Crippen molar-refractivity contribution in [3.63, 3.8) is 0 Å². The number of hydrogen-bond acceptors (Lipinski definition) is 7. The Labute approximate surface area is 133 Å². The van der Waals surface area contributed by atoms with Crippen LogP contribution < -0.4 is 10.2 Å². The molecule has 1 aromatic heterocycles. The van der Waals surface area contributed by atoms with E-state index in [-0.39, 0.29) is 23.2 Å². The van der Waals surface area contributed by atoms with Gasteiger partial charge in [-0.3, -0.25) is 0 Å². The van der Waals surface area contributed by atoms with Gasteiger partial charge >= 0.3 is 0 Å². The smallest absolute Gasteiger partial charge is 0.252 e. The largest absolute Gasteiger partial charge is 0.504 e. The number of rotatable bonds is 6. The second kappa shape index (κ2) is 7.13. The zero-order valence-corrected chi connectivity index (χ0v) is 12.8. The molecule has 1 heterocycles. The van der Waals surface area contributed by atoms with Crippen LogP contribution in [0.15, 0.2) is 34.3 Å². The summed E-state index contributed by atoms with van der Waals surface area (Å²) in [5.41, 5.74) is 4.04. The normalized spacial score (nSPS) is 10.5. The third-order valence-electron chi connectivity index (χ3n) is 2.76. The molecule has 0 fully saturated rings. The number of phenolic OH excluding ortho intramolecular Hbond substituents is 1. The summed E-state index contributed by atoms with van der Waals surface area (Å²) in [4.78, 5) is 3.99. The molecule has 0 aliphatic carbocycles. The van der Waals surface area contributed by atoms with Crippen LogP contribution in [0.1, 0.15) is 31.0 Å². The predicted molar refractivity (Wildman–Crippen MR) is 86.4 cm³/mol. The van der Waals surface area contributed by atoms with Gasteiger partial charge in [0.1, 0.15) is 6.07 Å². The van der Waals surface area contributed by atoms with Crippen molar-refractivity contribution in [2.75, 3.05) is 12.0 Å². The summed E-state index contributed by atoms with van der Waals surface area (Å²) in [6, 6.07) is 6.75. The molecule has 0 aliphatic rings. The molecule has 0 bridgehead atoms. The molecular weight excluding hydrogens is 296 g/mol. The van der Waals surface area contributed by atoms with Gasteiger partial charge in [0.05, 0.1) is 12.8 Å². The topological polar surface area (TPSA) is 104 Å². The van der Waals surface area contributed by atoms with Crippen molar-refractivity contribution < 1.29 is 14.3 Å². The zero-order chi connectivity index (χ0) is 16.8. The first-order chi connectivity index (χ1) is 11.0. The monoisotopic (exact) mass is 312 g/mol. The summed E-state index contributed by atoms with van der Waals surface area (Å²) in [5, 5.41) is 22.7. The van der Waals surface area contributed by atoms with Crippen LogP contribution in [0.25, 0.3) is 5.57 Å². The first-order valence-corrected chi connectivity index (χ1v) is 6.86. The molecule has 0 spiro atoms. The molecular formula is C16H16N4O3. The van der Waals surface area contributed by atoms with Crippen molar-refractivity contribution in [2.24, 2.45) is 5.10 Å². The van der Waals surface area contributed by atoms with E-state index >= 15 is 0 Å². The van der Waals surface area contributed by atoms with Crippen molar-refractivity contribution in [3.8, 4) is 17.6 Å². The fourth-order valence-corrected chi connectivity index (χ4v) is 1.70. The average molecular weight is 312 g/mol. The molecule has 7 heteroatoms. The lowest BCUT2D eigenvalue weighted by molar-refractivity contribution is 0.318. The number of aromatic hydroxyl groups is 1. The summed E-state index contributed by atoms with van der Waals surface area (Å²) in [6.07, 6.45) is 1.51. The number of hydrogen-bond donors (Lipinski definition) is 2. The Hall–Kier alpha value is -3.27. The maximum atomic E-state index is 9.64. The third kappa shape index (κ3) is 3.89. The fourth-order valence-electron chi connectivity index (χ4n) is 1.70. The van der Waals surface area contributed by atoms with Gasteiger partial charge in [0.15, 0.2) is 11.5 Å². The van der Waals surface area contributed by atoms with Crippen LogP contribution in [-0.2, 0) is 0 Å². The molecule has 1 aromatic carbocycles. The maximum absolute atomic E-state index is 9.64. The van der Waals surface area contributed by atoms with Crippen LogP contribution in [0.2, 0.25) is 0 Å². The number of hydrazone groups is 1. The molecule has 2 aromatic rings. The number of nitrogens with one attached hydrogen (secondary N) is 1. The van der Waals surface area contributed by atoms with Gasteiger partial charge in [-0.1, -0.05) is 6.58 Å². The summed E-state index contributed by atoms with van der Waals surface area (Å²) in [5.74, 6) is 0.858. The van der Waals surface area contributed by atoms with Crippen molar-refractivity contribution in [1.82, 2.24) is 4.98 Å². The number of phenols is 1. The van der Waals surface area contributed by atoms with E-state index in [0.29, 0.717) is 23.5 Å². The summed E-state index contributed by atoms with van der Waals surface area (Å²) >= 11 is 0. The van der Waals surface area contributed by atoms with Gasteiger partial charge in [0.2, 0.25) is 11.6 Å². The lowest BCUT2D eigenvalue weighted by Gasteiger charge is -2.05. The van der Waals surface area contributed by atoms with Gasteiger partial charge in [-0.05, 0) is 37.6 Å². The molecule has 2 rings (SSSR count). The molecule has 7 nitrogen and oxygen atoms in total. The zero-order valence-electron chi connectivity index (χ0n) is 12.8. The van der Waals surface area contributed by atoms with Crippen LogP contribution in [-0.4, -0.2) is 22.9 Å². The summed E-state index contributed by atoms with van der Waals surface area (Å²) < 4.78 is 10.7. The van der Waals surface area contributed by atoms with Crippen molar-refractivity contribution in [2.45, 2.75) is 13.8 Å². The van der Waals surface area contributed by atoms with Crippen molar-refractivity contribution in [1.29, 1.82) is 5.26 Å². The lowest BCUT2D eigenvalue weighted by Crippen LogP contribution is -1.94.